The molecule has 3 rings (SSSR count). The molecule has 1 aromatic carbocycles. The number of anilines is 2. The third kappa shape index (κ3) is 4.27. The zero-order valence-electron chi connectivity index (χ0n) is 15.0. The third-order valence-electron chi connectivity index (χ3n) is 3.92. The molecule has 0 unspecified atom stereocenters. The lowest BCUT2D eigenvalue weighted by Crippen LogP contribution is -2.27. The summed E-state index contributed by atoms with van der Waals surface area (Å²) in [6.07, 6.45) is 3.17. The van der Waals surface area contributed by atoms with E-state index in [1.54, 1.807) is 6.08 Å². The van der Waals surface area contributed by atoms with Crippen molar-refractivity contribution in [3.63, 3.8) is 0 Å². The Kier molecular flexibility index (Phi) is 5.66. The third-order valence-corrected chi connectivity index (χ3v) is 7.21. The van der Waals surface area contributed by atoms with Crippen LogP contribution in [0.4, 0.5) is 15.1 Å². The Morgan fingerprint density at radius 3 is 2.59 bits per heavy atom. The van der Waals surface area contributed by atoms with Crippen molar-refractivity contribution >= 4 is 49.6 Å². The SMILES string of the molecule is CN(c1ccc(F)cc1)S(=O)(=O)c1cc(C(N)=O)c(NC(=O)C2=NNCC=C2)s1. The highest BCUT2D eigenvalue weighted by molar-refractivity contribution is 7.94. The van der Waals surface area contributed by atoms with Crippen molar-refractivity contribution in [1.82, 2.24) is 5.43 Å². The van der Waals surface area contributed by atoms with Gasteiger partial charge in [-0.15, -0.1) is 11.3 Å². The smallest absolute Gasteiger partial charge is 0.276 e. The van der Waals surface area contributed by atoms with E-state index in [-0.39, 0.29) is 26.2 Å². The second-order valence-corrected chi connectivity index (χ2v) is 9.09. The number of halogens is 1. The molecule has 152 valence electrons. The van der Waals surface area contributed by atoms with Crippen LogP contribution in [0, 0.1) is 5.82 Å². The zero-order chi connectivity index (χ0) is 21.2. The molecule has 0 aliphatic carbocycles. The van der Waals surface area contributed by atoms with Crippen LogP contribution in [-0.2, 0) is 14.8 Å². The van der Waals surface area contributed by atoms with Crippen molar-refractivity contribution in [3.05, 3.63) is 53.9 Å². The van der Waals surface area contributed by atoms with E-state index in [9.17, 15) is 22.4 Å². The average molecular weight is 437 g/mol. The summed E-state index contributed by atoms with van der Waals surface area (Å²) in [6.45, 7) is 0.473. The van der Waals surface area contributed by atoms with Gasteiger partial charge in [-0.1, -0.05) is 6.08 Å². The Morgan fingerprint density at radius 2 is 2.00 bits per heavy atom. The summed E-state index contributed by atoms with van der Waals surface area (Å²) in [5.41, 5.74) is 8.10. The van der Waals surface area contributed by atoms with E-state index >= 15 is 0 Å². The fourth-order valence-electron chi connectivity index (χ4n) is 2.38. The minimum absolute atomic E-state index is 0.0183. The molecular weight excluding hydrogens is 421 g/mol. The molecule has 1 aliphatic heterocycles. The lowest BCUT2D eigenvalue weighted by molar-refractivity contribution is -0.110. The van der Waals surface area contributed by atoms with Gasteiger partial charge in [0.05, 0.1) is 17.8 Å². The maximum absolute atomic E-state index is 13.1. The summed E-state index contributed by atoms with van der Waals surface area (Å²) in [5, 5.41) is 6.28. The van der Waals surface area contributed by atoms with E-state index in [0.29, 0.717) is 17.9 Å². The lowest BCUT2D eigenvalue weighted by atomic mass is 10.2. The lowest BCUT2D eigenvalue weighted by Gasteiger charge is -2.18. The molecule has 29 heavy (non-hydrogen) atoms. The van der Waals surface area contributed by atoms with Crippen LogP contribution in [0.3, 0.4) is 0 Å². The largest absolute Gasteiger partial charge is 0.366 e. The molecule has 0 radical (unpaired) electrons. The van der Waals surface area contributed by atoms with E-state index in [0.717, 1.165) is 22.5 Å². The van der Waals surface area contributed by atoms with Gasteiger partial charge in [-0.2, -0.15) is 5.10 Å². The van der Waals surface area contributed by atoms with Gasteiger partial charge in [0.2, 0.25) is 0 Å². The predicted octanol–water partition coefficient (Wildman–Crippen LogP) is 1.27. The summed E-state index contributed by atoms with van der Waals surface area (Å²) < 4.78 is 39.7. The van der Waals surface area contributed by atoms with E-state index in [4.69, 9.17) is 5.73 Å². The van der Waals surface area contributed by atoms with Gasteiger partial charge in [-0.3, -0.25) is 13.9 Å². The van der Waals surface area contributed by atoms with Crippen LogP contribution in [0.2, 0.25) is 0 Å². The molecule has 2 aromatic rings. The topological polar surface area (TPSA) is 134 Å². The van der Waals surface area contributed by atoms with Crippen molar-refractivity contribution in [2.75, 3.05) is 23.2 Å². The van der Waals surface area contributed by atoms with Gasteiger partial charge in [0.25, 0.3) is 21.8 Å². The molecule has 0 saturated heterocycles. The number of carbonyl (C=O) groups is 2. The number of nitrogens with two attached hydrogens (primary N) is 1. The first kappa shape index (κ1) is 20.5. The monoisotopic (exact) mass is 437 g/mol. The second-order valence-electron chi connectivity index (χ2n) is 5.84. The number of nitrogens with one attached hydrogen (secondary N) is 2. The van der Waals surface area contributed by atoms with E-state index in [1.165, 1.54) is 25.3 Å². The van der Waals surface area contributed by atoms with E-state index in [2.05, 4.69) is 15.8 Å². The van der Waals surface area contributed by atoms with Crippen LogP contribution in [0.1, 0.15) is 10.4 Å². The molecule has 9 nitrogen and oxygen atoms in total. The number of thiophene rings is 1. The molecule has 0 bridgehead atoms. The standard InChI is InChI=1S/C17H16FN5O4S2/c1-23(11-6-4-10(18)5-7-11)29(26,27)14-9-12(15(19)24)17(28-14)21-16(25)13-3-2-8-20-22-13/h2-7,9,20H,8H2,1H3,(H2,19,24)(H,21,25). The predicted molar refractivity (Wildman–Crippen MR) is 108 cm³/mol. The molecule has 4 N–H and O–H groups in total. The highest BCUT2D eigenvalue weighted by Gasteiger charge is 2.28. The van der Waals surface area contributed by atoms with Crippen LogP contribution >= 0.6 is 11.3 Å². The second kappa shape index (κ2) is 8.01. The molecule has 0 atom stereocenters. The summed E-state index contributed by atoms with van der Waals surface area (Å²) in [6, 6.07) is 5.96. The van der Waals surface area contributed by atoms with Gasteiger partial charge in [0.1, 0.15) is 20.7 Å². The Morgan fingerprint density at radius 1 is 1.31 bits per heavy atom. The minimum Gasteiger partial charge on any atom is -0.366 e. The number of hydrogen-bond donors (Lipinski definition) is 3. The number of amides is 2. The van der Waals surface area contributed by atoms with Crippen LogP contribution in [0.5, 0.6) is 0 Å². The number of rotatable bonds is 6. The fourth-order valence-corrected chi connectivity index (χ4v) is 5.11. The van der Waals surface area contributed by atoms with Crippen LogP contribution < -0.4 is 20.8 Å². The number of carbonyl (C=O) groups excluding carboxylic acids is 2. The molecule has 2 heterocycles. The van der Waals surface area contributed by atoms with Crippen LogP contribution in [0.15, 0.2) is 51.8 Å². The first-order valence-corrected chi connectivity index (χ1v) is 10.4. The van der Waals surface area contributed by atoms with Gasteiger partial charge in [0.15, 0.2) is 0 Å². The van der Waals surface area contributed by atoms with Crippen molar-refractivity contribution in [2.24, 2.45) is 10.8 Å². The van der Waals surface area contributed by atoms with Crippen LogP contribution in [-0.4, -0.2) is 39.5 Å². The Balaban J connectivity index is 1.93. The first-order chi connectivity index (χ1) is 13.7. The summed E-state index contributed by atoms with van der Waals surface area (Å²) in [7, 11) is -2.80. The average Bonchev–Trinajstić information content (AvgIpc) is 3.13. The molecule has 0 spiro atoms. The van der Waals surface area contributed by atoms with Crippen molar-refractivity contribution < 1.29 is 22.4 Å². The van der Waals surface area contributed by atoms with Gasteiger partial charge in [-0.05, 0) is 36.4 Å². The van der Waals surface area contributed by atoms with Crippen molar-refractivity contribution in [1.29, 1.82) is 0 Å². The first-order valence-electron chi connectivity index (χ1n) is 8.16. The quantitative estimate of drug-likeness (QED) is 0.626. The number of hydrogen-bond acceptors (Lipinski definition) is 7. The van der Waals surface area contributed by atoms with Gasteiger partial charge in [0, 0.05) is 7.05 Å². The van der Waals surface area contributed by atoms with Crippen molar-refractivity contribution in [2.45, 2.75) is 4.21 Å². The summed E-state index contributed by atoms with van der Waals surface area (Å²) >= 11 is 0.677. The number of benzene rings is 1. The number of sulfonamides is 1. The van der Waals surface area contributed by atoms with Gasteiger partial charge < -0.3 is 16.5 Å². The zero-order valence-corrected chi connectivity index (χ0v) is 16.7. The Hall–Kier alpha value is -3.25. The maximum atomic E-state index is 13.1. The van der Waals surface area contributed by atoms with E-state index < -0.39 is 27.7 Å². The normalized spacial score (nSPS) is 13.4. The highest BCUT2D eigenvalue weighted by atomic mass is 32.2. The van der Waals surface area contributed by atoms with E-state index in [1.807, 2.05) is 0 Å². The maximum Gasteiger partial charge on any atom is 0.276 e. The molecule has 1 aromatic heterocycles. The van der Waals surface area contributed by atoms with Gasteiger partial charge >= 0.3 is 0 Å². The molecule has 12 heteroatoms. The summed E-state index contributed by atoms with van der Waals surface area (Å²) in [5.74, 6) is -2.04. The molecule has 1 aliphatic rings. The van der Waals surface area contributed by atoms with Crippen LogP contribution in [0.25, 0.3) is 0 Å². The van der Waals surface area contributed by atoms with Crippen molar-refractivity contribution in [3.8, 4) is 0 Å². The number of hydrazone groups is 1. The Bertz CT molecular complexity index is 1120. The number of nitrogens with zero attached hydrogens (tertiary/aromatic N) is 2. The Labute approximate surface area is 169 Å². The number of primary amides is 1. The summed E-state index contributed by atoms with van der Waals surface area (Å²) in [4.78, 5) is 24.1. The molecule has 0 saturated carbocycles. The minimum atomic E-state index is -4.09. The molecule has 0 fully saturated rings. The fraction of sp³-hybridized carbons (Fsp3) is 0.118. The highest BCUT2D eigenvalue weighted by Crippen LogP contribution is 2.34. The molecular formula is C17H16FN5O4S2. The molecule has 2 amide bonds. The van der Waals surface area contributed by atoms with Gasteiger partial charge in [-0.25, -0.2) is 12.8 Å².